The Hall–Kier alpha value is -0.890. The van der Waals surface area contributed by atoms with Crippen molar-refractivity contribution < 1.29 is 4.39 Å². The van der Waals surface area contributed by atoms with E-state index in [-0.39, 0.29) is 11.4 Å². The third-order valence-corrected chi connectivity index (χ3v) is 3.22. The summed E-state index contributed by atoms with van der Waals surface area (Å²) >= 11 is 0. The molecule has 1 aromatic carbocycles. The van der Waals surface area contributed by atoms with E-state index in [1.807, 2.05) is 13.0 Å². The maximum absolute atomic E-state index is 13.2. The molecular formula is C12H16FN. The van der Waals surface area contributed by atoms with Crippen molar-refractivity contribution in [3.63, 3.8) is 0 Å². The molecule has 1 fully saturated rings. The molecule has 0 aliphatic heterocycles. The van der Waals surface area contributed by atoms with Crippen LogP contribution in [-0.4, -0.2) is 0 Å². The van der Waals surface area contributed by atoms with Gasteiger partial charge >= 0.3 is 0 Å². The van der Waals surface area contributed by atoms with Gasteiger partial charge in [-0.1, -0.05) is 19.4 Å². The summed E-state index contributed by atoms with van der Waals surface area (Å²) < 4.78 is 13.2. The molecule has 2 rings (SSSR count). The van der Waals surface area contributed by atoms with E-state index in [1.54, 1.807) is 6.07 Å². The number of rotatable bonds is 2. The van der Waals surface area contributed by atoms with Crippen LogP contribution >= 0.6 is 0 Å². The second-order valence-electron chi connectivity index (χ2n) is 4.37. The van der Waals surface area contributed by atoms with Gasteiger partial charge in [0.2, 0.25) is 0 Å². The van der Waals surface area contributed by atoms with Crippen LogP contribution in [0.4, 0.5) is 4.39 Å². The molecule has 0 bridgehead atoms. The van der Waals surface area contributed by atoms with Crippen molar-refractivity contribution in [3.8, 4) is 0 Å². The van der Waals surface area contributed by atoms with E-state index >= 15 is 0 Å². The molecule has 1 aliphatic carbocycles. The number of aryl methyl sites for hydroxylation is 1. The van der Waals surface area contributed by atoms with Crippen LogP contribution in [0.3, 0.4) is 0 Å². The molecule has 0 aromatic heterocycles. The number of hydrogen-bond acceptors (Lipinski definition) is 1. The first-order chi connectivity index (χ1) is 6.56. The van der Waals surface area contributed by atoms with E-state index in [1.165, 1.54) is 6.07 Å². The largest absolute Gasteiger partial charge is 0.321 e. The fourth-order valence-electron chi connectivity index (χ4n) is 2.22. The van der Waals surface area contributed by atoms with Crippen molar-refractivity contribution in [2.24, 2.45) is 11.7 Å². The molecule has 1 aliphatic rings. The molecule has 2 unspecified atom stereocenters. The molecule has 1 aromatic rings. The van der Waals surface area contributed by atoms with Crippen LogP contribution in [0, 0.1) is 18.7 Å². The lowest BCUT2D eigenvalue weighted by Crippen LogP contribution is -2.22. The number of halogens is 1. The van der Waals surface area contributed by atoms with E-state index in [9.17, 15) is 4.39 Å². The Morgan fingerprint density at radius 1 is 1.50 bits per heavy atom. The minimum Gasteiger partial charge on any atom is -0.321 e. The highest BCUT2D eigenvalue weighted by atomic mass is 19.1. The Bertz CT molecular complexity index is 341. The molecule has 0 saturated heterocycles. The van der Waals surface area contributed by atoms with Crippen LogP contribution in [-0.2, 0) is 5.54 Å². The van der Waals surface area contributed by atoms with Crippen LogP contribution in [0.2, 0.25) is 0 Å². The van der Waals surface area contributed by atoms with Crippen molar-refractivity contribution in [1.29, 1.82) is 0 Å². The first kappa shape index (κ1) is 9.66. The summed E-state index contributed by atoms with van der Waals surface area (Å²) in [5, 5.41) is 0. The van der Waals surface area contributed by atoms with E-state index in [2.05, 4.69) is 6.92 Å². The molecule has 0 radical (unpaired) electrons. The summed E-state index contributed by atoms with van der Waals surface area (Å²) in [6, 6.07) is 5.11. The van der Waals surface area contributed by atoms with Crippen LogP contribution < -0.4 is 5.73 Å². The highest BCUT2D eigenvalue weighted by molar-refractivity contribution is 5.35. The highest BCUT2D eigenvalue weighted by Crippen LogP contribution is 2.51. The Labute approximate surface area is 84.1 Å². The number of benzene rings is 1. The van der Waals surface area contributed by atoms with Crippen molar-refractivity contribution in [2.75, 3.05) is 0 Å². The predicted octanol–water partition coefficient (Wildman–Crippen LogP) is 2.72. The summed E-state index contributed by atoms with van der Waals surface area (Å²) in [5.74, 6) is 0.357. The molecule has 0 amide bonds. The quantitative estimate of drug-likeness (QED) is 0.767. The zero-order valence-electron chi connectivity index (χ0n) is 8.68. The molecule has 0 spiro atoms. The predicted molar refractivity (Wildman–Crippen MR) is 55.4 cm³/mol. The SMILES string of the molecule is CCC1CC1(N)c1cc(C)cc(F)c1. The minimum absolute atomic E-state index is 0.174. The lowest BCUT2D eigenvalue weighted by Gasteiger charge is -2.12. The van der Waals surface area contributed by atoms with Crippen molar-refractivity contribution >= 4 is 0 Å². The van der Waals surface area contributed by atoms with Gasteiger partial charge in [0, 0.05) is 5.54 Å². The van der Waals surface area contributed by atoms with Crippen molar-refractivity contribution in [1.82, 2.24) is 0 Å². The fourth-order valence-corrected chi connectivity index (χ4v) is 2.22. The summed E-state index contributed by atoms with van der Waals surface area (Å²) in [6.07, 6.45) is 2.07. The van der Waals surface area contributed by atoms with Gasteiger partial charge in [-0.05, 0) is 42.5 Å². The number of nitrogens with two attached hydrogens (primary N) is 1. The lowest BCUT2D eigenvalue weighted by atomic mass is 10.00. The molecule has 0 heterocycles. The van der Waals surface area contributed by atoms with Gasteiger partial charge in [-0.2, -0.15) is 0 Å². The van der Waals surface area contributed by atoms with Crippen LogP contribution in [0.15, 0.2) is 18.2 Å². The smallest absolute Gasteiger partial charge is 0.123 e. The lowest BCUT2D eigenvalue weighted by molar-refractivity contribution is 0.592. The summed E-state index contributed by atoms with van der Waals surface area (Å²) in [4.78, 5) is 0. The molecule has 1 saturated carbocycles. The molecule has 2 heteroatoms. The topological polar surface area (TPSA) is 26.0 Å². The molecule has 2 atom stereocenters. The van der Waals surface area contributed by atoms with Crippen LogP contribution in [0.25, 0.3) is 0 Å². The van der Waals surface area contributed by atoms with E-state index in [4.69, 9.17) is 5.73 Å². The second-order valence-corrected chi connectivity index (χ2v) is 4.37. The van der Waals surface area contributed by atoms with Gasteiger partial charge in [0.15, 0.2) is 0 Å². The second kappa shape index (κ2) is 3.06. The Balaban J connectivity index is 2.34. The van der Waals surface area contributed by atoms with Gasteiger partial charge in [0.05, 0.1) is 0 Å². The average Bonchev–Trinajstić information content (AvgIpc) is 2.77. The Kier molecular flexibility index (Phi) is 2.11. The van der Waals surface area contributed by atoms with Crippen LogP contribution in [0.1, 0.15) is 30.9 Å². The normalized spacial score (nSPS) is 30.4. The van der Waals surface area contributed by atoms with E-state index in [0.717, 1.165) is 24.0 Å². The zero-order chi connectivity index (χ0) is 10.3. The van der Waals surface area contributed by atoms with Gasteiger partial charge in [0.25, 0.3) is 0 Å². The molecule has 14 heavy (non-hydrogen) atoms. The Morgan fingerprint density at radius 2 is 2.21 bits per heavy atom. The van der Waals surface area contributed by atoms with Gasteiger partial charge in [-0.25, -0.2) is 4.39 Å². The van der Waals surface area contributed by atoms with Gasteiger partial charge < -0.3 is 5.73 Å². The maximum Gasteiger partial charge on any atom is 0.123 e. The number of hydrogen-bond donors (Lipinski definition) is 1. The first-order valence-electron chi connectivity index (χ1n) is 5.13. The fraction of sp³-hybridized carbons (Fsp3) is 0.500. The minimum atomic E-state index is -0.248. The third-order valence-electron chi connectivity index (χ3n) is 3.22. The van der Waals surface area contributed by atoms with Gasteiger partial charge in [-0.15, -0.1) is 0 Å². The monoisotopic (exact) mass is 193 g/mol. The standard InChI is InChI=1S/C12H16FN/c1-3-9-7-12(9,14)10-4-8(2)5-11(13)6-10/h4-6,9H,3,7,14H2,1-2H3. The highest BCUT2D eigenvalue weighted by Gasteiger charge is 2.50. The van der Waals surface area contributed by atoms with Crippen molar-refractivity contribution in [3.05, 3.63) is 35.1 Å². The molecule has 76 valence electrons. The summed E-state index contributed by atoms with van der Waals surface area (Å²) in [5.41, 5.74) is 7.86. The van der Waals surface area contributed by atoms with Gasteiger partial charge in [0.1, 0.15) is 5.82 Å². The van der Waals surface area contributed by atoms with Gasteiger partial charge in [-0.3, -0.25) is 0 Å². The summed E-state index contributed by atoms with van der Waals surface area (Å²) in [7, 11) is 0. The average molecular weight is 193 g/mol. The van der Waals surface area contributed by atoms with E-state index in [0.29, 0.717) is 5.92 Å². The maximum atomic E-state index is 13.2. The van der Waals surface area contributed by atoms with Crippen molar-refractivity contribution in [2.45, 2.75) is 32.2 Å². The molecule has 1 nitrogen and oxygen atoms in total. The zero-order valence-corrected chi connectivity index (χ0v) is 8.68. The molecular weight excluding hydrogens is 177 g/mol. The van der Waals surface area contributed by atoms with Crippen LogP contribution in [0.5, 0.6) is 0 Å². The summed E-state index contributed by atoms with van der Waals surface area (Å²) in [6.45, 7) is 4.03. The first-order valence-corrected chi connectivity index (χ1v) is 5.13. The van der Waals surface area contributed by atoms with E-state index < -0.39 is 0 Å². The third kappa shape index (κ3) is 1.44. The molecule has 2 N–H and O–H groups in total. The Morgan fingerprint density at radius 3 is 2.71 bits per heavy atom.